The Morgan fingerprint density at radius 2 is 2.38 bits per heavy atom. The van der Waals surface area contributed by atoms with Crippen LogP contribution >= 0.6 is 15.9 Å². The first kappa shape index (κ1) is 16.4. The van der Waals surface area contributed by atoms with Gasteiger partial charge >= 0.3 is 0 Å². The number of hydrogen-bond acceptors (Lipinski definition) is 3. The van der Waals surface area contributed by atoms with Gasteiger partial charge in [0, 0.05) is 29.7 Å². The normalized spacial score (nSPS) is 21.2. The van der Waals surface area contributed by atoms with E-state index in [1.165, 1.54) is 0 Å². The number of hydrogen-bond donors (Lipinski definition) is 1. The first-order chi connectivity index (χ1) is 10.2. The second-order valence-corrected chi connectivity index (χ2v) is 6.16. The van der Waals surface area contributed by atoms with Crippen LogP contribution in [-0.2, 0) is 11.3 Å². The van der Waals surface area contributed by atoms with Crippen LogP contribution in [0.15, 0.2) is 22.7 Å². The fourth-order valence-electron chi connectivity index (χ4n) is 2.72. The van der Waals surface area contributed by atoms with Gasteiger partial charge in [-0.25, -0.2) is 0 Å². The van der Waals surface area contributed by atoms with Crippen molar-refractivity contribution in [3.63, 3.8) is 0 Å². The molecule has 1 fully saturated rings. The molecule has 1 aromatic rings. The predicted molar refractivity (Wildman–Crippen MR) is 88.3 cm³/mol. The first-order valence-corrected chi connectivity index (χ1v) is 8.21. The van der Waals surface area contributed by atoms with Crippen molar-refractivity contribution < 1.29 is 9.47 Å². The Bertz CT molecular complexity index is 498. The van der Waals surface area contributed by atoms with Crippen molar-refractivity contribution in [1.82, 2.24) is 5.32 Å². The second-order valence-electron chi connectivity index (χ2n) is 5.24. The molecule has 114 valence electrons. The fourth-order valence-corrected chi connectivity index (χ4v) is 3.12. The third-order valence-electron chi connectivity index (χ3n) is 3.80. The Labute approximate surface area is 135 Å². The Morgan fingerprint density at radius 3 is 3.14 bits per heavy atom. The van der Waals surface area contributed by atoms with Crippen molar-refractivity contribution in [2.75, 3.05) is 19.8 Å². The van der Waals surface area contributed by atoms with Gasteiger partial charge in [-0.1, -0.05) is 28.8 Å². The summed E-state index contributed by atoms with van der Waals surface area (Å²) in [5, 5.41) is 3.52. The van der Waals surface area contributed by atoms with Crippen LogP contribution < -0.4 is 10.1 Å². The van der Waals surface area contributed by atoms with Crippen molar-refractivity contribution in [3.05, 3.63) is 28.2 Å². The lowest BCUT2D eigenvalue weighted by molar-refractivity contribution is 0.0872. The molecular formula is C17H22BrNO2. The predicted octanol–water partition coefficient (Wildman–Crippen LogP) is 3.37. The summed E-state index contributed by atoms with van der Waals surface area (Å²) in [5.41, 5.74) is 1.12. The molecule has 0 amide bonds. The van der Waals surface area contributed by atoms with Crippen LogP contribution in [0.25, 0.3) is 0 Å². The molecule has 3 nitrogen and oxygen atoms in total. The van der Waals surface area contributed by atoms with E-state index in [0.29, 0.717) is 18.6 Å². The van der Waals surface area contributed by atoms with Crippen LogP contribution in [-0.4, -0.2) is 25.9 Å². The van der Waals surface area contributed by atoms with E-state index >= 15 is 0 Å². The molecule has 0 aliphatic carbocycles. The second kappa shape index (κ2) is 8.43. The number of benzene rings is 1. The standard InChI is InChI=1S/C17H22BrNO2/c1-3-8-20-17-6-5-15(18)10-14(17)12-19-11-13-7-9-21-16(13)4-2/h1,5-6,10,13,16,19H,4,7-9,11-12H2,2H3. The van der Waals surface area contributed by atoms with Crippen molar-refractivity contribution in [2.24, 2.45) is 5.92 Å². The maximum absolute atomic E-state index is 5.72. The highest BCUT2D eigenvalue weighted by Gasteiger charge is 2.26. The zero-order valence-electron chi connectivity index (χ0n) is 12.4. The van der Waals surface area contributed by atoms with Crippen molar-refractivity contribution in [1.29, 1.82) is 0 Å². The molecule has 2 atom stereocenters. The molecule has 1 aliphatic rings. The average Bonchev–Trinajstić information content (AvgIpc) is 2.94. The van der Waals surface area contributed by atoms with E-state index in [9.17, 15) is 0 Å². The van der Waals surface area contributed by atoms with Gasteiger partial charge in [-0.3, -0.25) is 0 Å². The Hall–Kier alpha value is -1.02. The maximum Gasteiger partial charge on any atom is 0.148 e. The number of halogens is 1. The van der Waals surface area contributed by atoms with Crippen LogP contribution in [0.2, 0.25) is 0 Å². The molecule has 4 heteroatoms. The highest BCUT2D eigenvalue weighted by atomic mass is 79.9. The lowest BCUT2D eigenvalue weighted by Crippen LogP contribution is -2.28. The molecule has 0 bridgehead atoms. The SMILES string of the molecule is C#CCOc1ccc(Br)cc1CNCC1CCOC1CC. The number of ether oxygens (including phenoxy) is 2. The van der Waals surface area contributed by atoms with E-state index in [-0.39, 0.29) is 0 Å². The summed E-state index contributed by atoms with van der Waals surface area (Å²) in [4.78, 5) is 0. The van der Waals surface area contributed by atoms with Gasteiger partial charge in [0.05, 0.1) is 6.10 Å². The molecule has 2 unspecified atom stereocenters. The van der Waals surface area contributed by atoms with Gasteiger partial charge in [-0.05, 0) is 37.0 Å². The van der Waals surface area contributed by atoms with Crippen molar-refractivity contribution in [3.8, 4) is 18.1 Å². The highest BCUT2D eigenvalue weighted by molar-refractivity contribution is 9.10. The molecule has 21 heavy (non-hydrogen) atoms. The molecule has 0 radical (unpaired) electrons. The summed E-state index contributed by atoms with van der Waals surface area (Å²) < 4.78 is 12.3. The Morgan fingerprint density at radius 1 is 1.52 bits per heavy atom. The van der Waals surface area contributed by atoms with Gasteiger partial charge in [0.15, 0.2) is 0 Å². The van der Waals surface area contributed by atoms with E-state index < -0.39 is 0 Å². The monoisotopic (exact) mass is 351 g/mol. The summed E-state index contributed by atoms with van der Waals surface area (Å²) in [7, 11) is 0. The molecule has 1 aromatic carbocycles. The van der Waals surface area contributed by atoms with Crippen LogP contribution in [0.3, 0.4) is 0 Å². The first-order valence-electron chi connectivity index (χ1n) is 7.41. The van der Waals surface area contributed by atoms with Crippen LogP contribution in [0.5, 0.6) is 5.75 Å². The molecule has 2 rings (SSSR count). The summed E-state index contributed by atoms with van der Waals surface area (Å²) >= 11 is 3.50. The molecule has 1 saturated heterocycles. The van der Waals surface area contributed by atoms with E-state index in [1.807, 2.05) is 12.1 Å². The third-order valence-corrected chi connectivity index (χ3v) is 4.30. The Balaban J connectivity index is 1.90. The van der Waals surface area contributed by atoms with Crippen LogP contribution in [0, 0.1) is 18.3 Å². The smallest absolute Gasteiger partial charge is 0.148 e. The Kier molecular flexibility index (Phi) is 6.56. The summed E-state index contributed by atoms with van der Waals surface area (Å²) in [6.07, 6.45) is 7.88. The summed E-state index contributed by atoms with van der Waals surface area (Å²) in [6, 6.07) is 5.99. The average molecular weight is 352 g/mol. The third kappa shape index (κ3) is 4.74. The van der Waals surface area contributed by atoms with E-state index in [4.69, 9.17) is 15.9 Å². The highest BCUT2D eigenvalue weighted by Crippen LogP contribution is 2.25. The van der Waals surface area contributed by atoms with Gasteiger partial charge in [0.1, 0.15) is 12.4 Å². The van der Waals surface area contributed by atoms with Gasteiger partial charge in [0.25, 0.3) is 0 Å². The lowest BCUT2D eigenvalue weighted by atomic mass is 9.99. The molecule has 0 spiro atoms. The molecule has 1 N–H and O–H groups in total. The quantitative estimate of drug-likeness (QED) is 0.764. The zero-order valence-corrected chi connectivity index (χ0v) is 14.0. The fraction of sp³-hybridized carbons (Fsp3) is 0.529. The van der Waals surface area contributed by atoms with Crippen LogP contribution in [0.1, 0.15) is 25.3 Å². The minimum atomic E-state index is 0.295. The lowest BCUT2D eigenvalue weighted by Gasteiger charge is -2.18. The summed E-state index contributed by atoms with van der Waals surface area (Å²) in [6.45, 7) is 5.11. The number of terminal acetylenes is 1. The van der Waals surface area contributed by atoms with Crippen molar-refractivity contribution >= 4 is 15.9 Å². The van der Waals surface area contributed by atoms with E-state index in [1.54, 1.807) is 0 Å². The van der Waals surface area contributed by atoms with E-state index in [2.05, 4.69) is 40.2 Å². The molecular weight excluding hydrogens is 330 g/mol. The van der Waals surface area contributed by atoms with Gasteiger partial charge < -0.3 is 14.8 Å². The maximum atomic E-state index is 5.72. The minimum Gasteiger partial charge on any atom is -0.481 e. The molecule has 0 saturated carbocycles. The minimum absolute atomic E-state index is 0.295. The van der Waals surface area contributed by atoms with Gasteiger partial charge in [-0.2, -0.15) is 0 Å². The van der Waals surface area contributed by atoms with Gasteiger partial charge in [-0.15, -0.1) is 6.42 Å². The number of rotatable bonds is 7. The van der Waals surface area contributed by atoms with Crippen LogP contribution in [0.4, 0.5) is 0 Å². The largest absolute Gasteiger partial charge is 0.481 e. The van der Waals surface area contributed by atoms with Crippen molar-refractivity contribution in [2.45, 2.75) is 32.4 Å². The topological polar surface area (TPSA) is 30.5 Å². The molecule has 1 aliphatic heterocycles. The zero-order chi connectivity index (χ0) is 15.1. The summed E-state index contributed by atoms with van der Waals surface area (Å²) in [5.74, 6) is 3.96. The number of nitrogens with one attached hydrogen (secondary N) is 1. The van der Waals surface area contributed by atoms with Gasteiger partial charge in [0.2, 0.25) is 0 Å². The molecule has 1 heterocycles. The van der Waals surface area contributed by atoms with E-state index in [0.717, 1.165) is 48.3 Å². The molecule has 0 aromatic heterocycles.